The molecule has 0 aromatic heterocycles. The molecule has 0 saturated carbocycles. The smallest absolute Gasteiger partial charge is 1.00 e. The maximum Gasteiger partial charge on any atom is 2.00 e. The first kappa shape index (κ1) is 33.1. The zero-order chi connectivity index (χ0) is 0. The van der Waals surface area contributed by atoms with Crippen molar-refractivity contribution in [1.82, 2.24) is 0 Å². The van der Waals surface area contributed by atoms with Crippen LogP contribution in [0.1, 0.15) is 0 Å². The van der Waals surface area contributed by atoms with Crippen LogP contribution in [-0.2, 0) is 17.1 Å². The maximum absolute atomic E-state index is 0. The molecule has 0 aliphatic carbocycles. The fourth-order valence-corrected chi connectivity index (χ4v) is 0. The van der Waals surface area contributed by atoms with Gasteiger partial charge < -0.3 is 71.9 Å². The van der Waals surface area contributed by atoms with Crippen LogP contribution in [0.2, 0.25) is 0 Å². The second-order valence-electron chi connectivity index (χ2n) is 0. The number of hydrogen-bond donors (Lipinski definition) is 0. The van der Waals surface area contributed by atoms with Gasteiger partial charge in [0.25, 0.3) is 0 Å². The van der Waals surface area contributed by atoms with Crippen molar-refractivity contribution < 1.29 is 158 Å². The first-order chi connectivity index (χ1) is 0. The van der Waals surface area contributed by atoms with Gasteiger partial charge in [-0.05, 0) is 0 Å². The molecule has 1 radical (unpaired) electrons. The molecule has 33 valence electrons. The van der Waals surface area contributed by atoms with E-state index in [9.17, 15) is 0 Å². The van der Waals surface area contributed by atoms with E-state index in [0.29, 0.717) is 0 Å². The molecular formula is CsCuI3. The summed E-state index contributed by atoms with van der Waals surface area (Å²) in [6.07, 6.45) is 0. The van der Waals surface area contributed by atoms with Crippen LogP contribution in [0, 0.1) is 0 Å². The van der Waals surface area contributed by atoms with E-state index in [1.165, 1.54) is 0 Å². The Morgan fingerprint density at radius 2 is 0.600 bits per heavy atom. The molecule has 0 aliphatic heterocycles. The molecule has 0 bridgehead atoms. The summed E-state index contributed by atoms with van der Waals surface area (Å²) in [5.74, 6) is 0. The largest absolute Gasteiger partial charge is 2.00 e. The van der Waals surface area contributed by atoms with E-state index in [2.05, 4.69) is 0 Å². The van der Waals surface area contributed by atoms with Crippen LogP contribution in [0.3, 0.4) is 0 Å². The maximum atomic E-state index is 0. The third-order valence-electron chi connectivity index (χ3n) is 0. The van der Waals surface area contributed by atoms with Gasteiger partial charge in [-0.2, -0.15) is 0 Å². The third-order valence-corrected chi connectivity index (χ3v) is 0. The van der Waals surface area contributed by atoms with Crippen LogP contribution in [-0.4, -0.2) is 0 Å². The van der Waals surface area contributed by atoms with E-state index in [-0.39, 0.29) is 158 Å². The van der Waals surface area contributed by atoms with Crippen molar-refractivity contribution in [2.24, 2.45) is 0 Å². The molecule has 0 unspecified atom stereocenters. The topological polar surface area (TPSA) is 0 Å². The van der Waals surface area contributed by atoms with Crippen LogP contribution in [0.15, 0.2) is 0 Å². The van der Waals surface area contributed by atoms with Gasteiger partial charge in [0.15, 0.2) is 0 Å². The SMILES string of the molecule is [Cs+].[Cu+2].[I-].[I-].[I-]. The van der Waals surface area contributed by atoms with E-state index >= 15 is 0 Å². The Kier molecular flexibility index (Phi) is 154. The van der Waals surface area contributed by atoms with E-state index < -0.39 is 0 Å². The van der Waals surface area contributed by atoms with Gasteiger partial charge in [-0.1, -0.05) is 0 Å². The minimum atomic E-state index is 0. The quantitative estimate of drug-likeness (QED) is 0.199. The Labute approximate surface area is 153 Å². The molecule has 0 aromatic carbocycles. The summed E-state index contributed by atoms with van der Waals surface area (Å²) in [7, 11) is 0. The summed E-state index contributed by atoms with van der Waals surface area (Å²) in [6.45, 7) is 0. The average molecular weight is 577 g/mol. The average Bonchev–Trinajstić information content (AvgIpc) is 0. The first-order valence-corrected chi connectivity index (χ1v) is 0. The van der Waals surface area contributed by atoms with Crippen LogP contribution in [0.5, 0.6) is 0 Å². The summed E-state index contributed by atoms with van der Waals surface area (Å²) in [4.78, 5) is 0. The summed E-state index contributed by atoms with van der Waals surface area (Å²) in [5.41, 5.74) is 0. The second kappa shape index (κ2) is 23.3. The molecule has 0 heterocycles. The first-order valence-electron chi connectivity index (χ1n) is 0. The minimum Gasteiger partial charge on any atom is -1.00 e. The summed E-state index contributed by atoms with van der Waals surface area (Å²) >= 11 is 0. The molecule has 0 N–H and O–H groups in total. The van der Waals surface area contributed by atoms with Gasteiger partial charge in [-0.3, -0.25) is 0 Å². The fraction of sp³-hybridized carbons (Fsp3) is 0. The van der Waals surface area contributed by atoms with Gasteiger partial charge in [0.05, 0.1) is 0 Å². The van der Waals surface area contributed by atoms with Crippen molar-refractivity contribution in [1.29, 1.82) is 0 Å². The second-order valence-corrected chi connectivity index (χ2v) is 0. The van der Waals surface area contributed by atoms with Crippen LogP contribution in [0.25, 0.3) is 0 Å². The predicted octanol–water partition coefficient (Wildman–Crippen LogP) is -12.0. The van der Waals surface area contributed by atoms with Crippen molar-refractivity contribution in [2.45, 2.75) is 0 Å². The molecule has 0 fully saturated rings. The van der Waals surface area contributed by atoms with Gasteiger partial charge in [0.1, 0.15) is 0 Å². The summed E-state index contributed by atoms with van der Waals surface area (Å²) in [6, 6.07) is 0. The summed E-state index contributed by atoms with van der Waals surface area (Å²) in [5, 5.41) is 0. The van der Waals surface area contributed by atoms with Crippen LogP contribution >= 0.6 is 0 Å². The van der Waals surface area contributed by atoms with Gasteiger partial charge in [0, 0.05) is 0 Å². The Balaban J connectivity index is 0. The van der Waals surface area contributed by atoms with Gasteiger partial charge in [0.2, 0.25) is 0 Å². The van der Waals surface area contributed by atoms with Crippen LogP contribution in [0.4, 0.5) is 0 Å². The van der Waals surface area contributed by atoms with Gasteiger partial charge in [-0.25, -0.2) is 0 Å². The Hall–Kier alpha value is 4.76. The molecular weight excluding hydrogens is 577 g/mol. The zero-order valence-electron chi connectivity index (χ0n) is 2.44. The predicted molar refractivity (Wildman–Crippen MR) is 0 cm³/mol. The standard InChI is InChI=1S/Cs.Cu.3HI/h;;3*1H/q+1;+2;;;/p-3. The van der Waals surface area contributed by atoms with Gasteiger partial charge >= 0.3 is 86.0 Å². The van der Waals surface area contributed by atoms with Crippen molar-refractivity contribution >= 4 is 0 Å². The monoisotopic (exact) mass is 577 g/mol. The molecule has 5 heteroatoms. The number of halogens is 3. The van der Waals surface area contributed by atoms with E-state index in [1.54, 1.807) is 0 Å². The number of rotatable bonds is 0. The normalized spacial score (nSPS) is 0. The fourth-order valence-electron chi connectivity index (χ4n) is 0. The molecule has 0 saturated heterocycles. The molecule has 0 nitrogen and oxygen atoms in total. The molecule has 5 heavy (non-hydrogen) atoms. The van der Waals surface area contributed by atoms with Gasteiger partial charge in [-0.15, -0.1) is 0 Å². The van der Waals surface area contributed by atoms with E-state index in [1.807, 2.05) is 0 Å². The zero-order valence-corrected chi connectivity index (χ0v) is 16.1. The van der Waals surface area contributed by atoms with E-state index in [0.717, 1.165) is 0 Å². The van der Waals surface area contributed by atoms with Crippen molar-refractivity contribution in [3.05, 3.63) is 0 Å². The van der Waals surface area contributed by atoms with E-state index in [4.69, 9.17) is 0 Å². The molecule has 0 aliphatic rings. The van der Waals surface area contributed by atoms with Crippen molar-refractivity contribution in [3.8, 4) is 0 Å². The summed E-state index contributed by atoms with van der Waals surface area (Å²) < 4.78 is 0. The Bertz CT molecular complexity index is 6.85. The molecule has 0 spiro atoms. The Morgan fingerprint density at radius 1 is 0.600 bits per heavy atom. The van der Waals surface area contributed by atoms with Crippen LogP contribution < -0.4 is 141 Å². The molecule has 0 rings (SSSR count). The van der Waals surface area contributed by atoms with Crippen molar-refractivity contribution in [2.75, 3.05) is 0 Å². The van der Waals surface area contributed by atoms with Crippen molar-refractivity contribution in [3.63, 3.8) is 0 Å². The molecule has 0 aromatic rings. The minimum absolute atomic E-state index is 0. The molecule has 0 amide bonds. The number of hydrogen-bond acceptors (Lipinski definition) is 0. The third kappa shape index (κ3) is 17.7. The Morgan fingerprint density at radius 3 is 0.600 bits per heavy atom. The molecule has 0 atom stereocenters.